The van der Waals surface area contributed by atoms with Crippen molar-refractivity contribution >= 4 is 33.3 Å². The fraction of sp³-hybridized carbons (Fsp3) is 0.217. The molecule has 48 heavy (non-hydrogen) atoms. The molecule has 0 saturated heterocycles. The van der Waals surface area contributed by atoms with Gasteiger partial charge in [0.2, 0.25) is 0 Å². The van der Waals surface area contributed by atoms with Crippen LogP contribution in [0.25, 0.3) is 44.2 Å². The predicted molar refractivity (Wildman–Crippen MR) is 203 cm³/mol. The monoisotopic (exact) mass is 625 g/mol. The third-order valence-corrected chi connectivity index (χ3v) is 10.8. The lowest BCUT2D eigenvalue weighted by molar-refractivity contribution is 0.527. The van der Waals surface area contributed by atoms with Crippen molar-refractivity contribution < 1.29 is 4.42 Å². The zero-order chi connectivity index (χ0) is 32.8. The minimum absolute atomic E-state index is 0.0719. The molecule has 1 aliphatic carbocycles. The second kappa shape index (κ2) is 12.2. The maximum Gasteiger partial charge on any atom is 0.137 e. The average molecular weight is 626 g/mol. The summed E-state index contributed by atoms with van der Waals surface area (Å²) in [6, 6.07) is 51.2. The van der Waals surface area contributed by atoms with E-state index >= 15 is 0 Å². The minimum atomic E-state index is -0.0719. The predicted octanol–water partition coefficient (Wildman–Crippen LogP) is 13.1. The van der Waals surface area contributed by atoms with Crippen molar-refractivity contribution in [2.45, 2.75) is 64.3 Å². The van der Waals surface area contributed by atoms with E-state index in [-0.39, 0.29) is 11.5 Å². The minimum Gasteiger partial charge on any atom is -0.456 e. The highest BCUT2D eigenvalue weighted by molar-refractivity contribution is 6.14. The second-order valence-electron chi connectivity index (χ2n) is 14.0. The summed E-state index contributed by atoms with van der Waals surface area (Å²) in [5.41, 5.74) is 13.5. The van der Waals surface area contributed by atoms with Gasteiger partial charge in [-0.25, -0.2) is 0 Å². The van der Waals surface area contributed by atoms with E-state index in [2.05, 4.69) is 172 Å². The van der Waals surface area contributed by atoms with E-state index in [1.165, 1.54) is 61.1 Å². The largest absolute Gasteiger partial charge is 0.456 e. The first-order valence-electron chi connectivity index (χ1n) is 17.5. The standard InChI is InChI=1S/C46H43NO/c1-5-32(33-15-8-6-9-16-33)24-23-31(2)47(36-27-25-35(26-28-36)34-17-10-7-11-18-34)42-21-14-22-43-45(42)39-29-38-37-19-12-13-20-40(37)46(3,4)41(38)30-44(39)48-43/h6-22,25-32H,5,23-24H2,1-4H3. The third-order valence-electron chi connectivity index (χ3n) is 10.8. The summed E-state index contributed by atoms with van der Waals surface area (Å²) in [6.07, 6.45) is 3.33. The molecule has 0 N–H and O–H groups in total. The Kier molecular flexibility index (Phi) is 7.68. The summed E-state index contributed by atoms with van der Waals surface area (Å²) in [5.74, 6) is 0.535. The molecular formula is C46H43NO. The fourth-order valence-electron chi connectivity index (χ4n) is 8.18. The maximum absolute atomic E-state index is 6.70. The molecule has 0 fully saturated rings. The van der Waals surface area contributed by atoms with Crippen LogP contribution in [0.1, 0.15) is 69.6 Å². The van der Waals surface area contributed by atoms with Crippen molar-refractivity contribution in [2.24, 2.45) is 0 Å². The van der Waals surface area contributed by atoms with Gasteiger partial charge in [-0.3, -0.25) is 0 Å². The normalized spacial score (nSPS) is 14.5. The molecule has 0 spiro atoms. The number of anilines is 2. The lowest BCUT2D eigenvalue weighted by Gasteiger charge is -2.33. The molecule has 0 radical (unpaired) electrons. The molecule has 2 nitrogen and oxygen atoms in total. The van der Waals surface area contributed by atoms with Crippen LogP contribution in [0.3, 0.4) is 0 Å². The van der Waals surface area contributed by atoms with Gasteiger partial charge in [-0.1, -0.05) is 124 Å². The summed E-state index contributed by atoms with van der Waals surface area (Å²) < 4.78 is 6.70. The topological polar surface area (TPSA) is 16.4 Å². The van der Waals surface area contributed by atoms with Crippen LogP contribution in [0.2, 0.25) is 0 Å². The van der Waals surface area contributed by atoms with Crippen molar-refractivity contribution in [1.82, 2.24) is 0 Å². The summed E-state index contributed by atoms with van der Waals surface area (Å²) in [6.45, 7) is 9.37. The summed E-state index contributed by atoms with van der Waals surface area (Å²) in [7, 11) is 0. The molecule has 238 valence electrons. The number of nitrogens with zero attached hydrogens (tertiary/aromatic N) is 1. The van der Waals surface area contributed by atoms with E-state index in [1.54, 1.807) is 0 Å². The Labute approximate surface area is 284 Å². The molecule has 0 aliphatic heterocycles. The van der Waals surface area contributed by atoms with Crippen LogP contribution >= 0.6 is 0 Å². The van der Waals surface area contributed by atoms with Gasteiger partial charge >= 0.3 is 0 Å². The average Bonchev–Trinajstić information content (AvgIpc) is 3.61. The van der Waals surface area contributed by atoms with Crippen molar-refractivity contribution in [1.29, 1.82) is 0 Å². The SMILES string of the molecule is CCC(CCC(C)N(c1ccc(-c2ccccc2)cc1)c1cccc2oc3cc4c(cc3c12)-c1ccccc1C4(C)C)c1ccccc1. The van der Waals surface area contributed by atoms with Crippen LogP contribution in [0.15, 0.2) is 144 Å². The van der Waals surface area contributed by atoms with Gasteiger partial charge in [0, 0.05) is 22.5 Å². The number of furan rings is 1. The lowest BCUT2D eigenvalue weighted by atomic mass is 9.82. The zero-order valence-electron chi connectivity index (χ0n) is 28.4. The molecule has 2 atom stereocenters. The van der Waals surface area contributed by atoms with E-state index in [1.807, 2.05) is 0 Å². The Balaban J connectivity index is 1.26. The van der Waals surface area contributed by atoms with Crippen LogP contribution in [-0.4, -0.2) is 6.04 Å². The number of rotatable bonds is 9. The van der Waals surface area contributed by atoms with Gasteiger partial charge < -0.3 is 9.32 Å². The summed E-state index contributed by atoms with van der Waals surface area (Å²) in [4.78, 5) is 2.56. The van der Waals surface area contributed by atoms with E-state index < -0.39 is 0 Å². The smallest absolute Gasteiger partial charge is 0.137 e. The molecule has 0 bridgehead atoms. The van der Waals surface area contributed by atoms with E-state index in [4.69, 9.17) is 4.42 Å². The quantitative estimate of drug-likeness (QED) is 0.159. The lowest BCUT2D eigenvalue weighted by Crippen LogP contribution is -2.29. The molecule has 0 amide bonds. The first-order chi connectivity index (χ1) is 23.4. The van der Waals surface area contributed by atoms with E-state index in [9.17, 15) is 0 Å². The second-order valence-corrected chi connectivity index (χ2v) is 14.0. The first-order valence-corrected chi connectivity index (χ1v) is 17.5. The number of benzene rings is 6. The Hall–Kier alpha value is -5.08. The Morgan fingerprint density at radius 2 is 1.31 bits per heavy atom. The van der Waals surface area contributed by atoms with Crippen molar-refractivity contribution in [3.05, 3.63) is 156 Å². The van der Waals surface area contributed by atoms with Gasteiger partial charge in [0.1, 0.15) is 11.2 Å². The van der Waals surface area contributed by atoms with Crippen LogP contribution in [0.5, 0.6) is 0 Å². The first kappa shape index (κ1) is 30.3. The number of fused-ring (bicyclic) bond motifs is 6. The van der Waals surface area contributed by atoms with Gasteiger partial charge in [0.15, 0.2) is 0 Å². The third kappa shape index (κ3) is 5.11. The molecule has 0 saturated carbocycles. The van der Waals surface area contributed by atoms with Gasteiger partial charge in [0.05, 0.1) is 11.1 Å². The van der Waals surface area contributed by atoms with Crippen LogP contribution in [-0.2, 0) is 5.41 Å². The Morgan fingerprint density at radius 1 is 0.625 bits per heavy atom. The highest BCUT2D eigenvalue weighted by Crippen LogP contribution is 2.51. The fourth-order valence-corrected chi connectivity index (χ4v) is 8.18. The van der Waals surface area contributed by atoms with Gasteiger partial charge in [-0.05, 0) is 107 Å². The summed E-state index contributed by atoms with van der Waals surface area (Å²) >= 11 is 0. The number of hydrogen-bond acceptors (Lipinski definition) is 2. The Morgan fingerprint density at radius 3 is 2.06 bits per heavy atom. The molecule has 7 aromatic rings. The van der Waals surface area contributed by atoms with Crippen molar-refractivity contribution in [2.75, 3.05) is 4.90 Å². The van der Waals surface area contributed by atoms with Gasteiger partial charge in [-0.15, -0.1) is 0 Å². The molecular weight excluding hydrogens is 583 g/mol. The van der Waals surface area contributed by atoms with E-state index in [0.717, 1.165) is 30.4 Å². The molecule has 8 rings (SSSR count). The van der Waals surface area contributed by atoms with Crippen LogP contribution < -0.4 is 4.90 Å². The van der Waals surface area contributed by atoms with Crippen molar-refractivity contribution in [3.8, 4) is 22.3 Å². The van der Waals surface area contributed by atoms with Gasteiger partial charge in [0.25, 0.3) is 0 Å². The van der Waals surface area contributed by atoms with Crippen molar-refractivity contribution in [3.63, 3.8) is 0 Å². The van der Waals surface area contributed by atoms with Gasteiger partial charge in [-0.2, -0.15) is 0 Å². The Bertz CT molecular complexity index is 2210. The molecule has 2 unspecified atom stereocenters. The molecule has 6 aromatic carbocycles. The maximum atomic E-state index is 6.70. The molecule has 2 heteroatoms. The highest BCUT2D eigenvalue weighted by Gasteiger charge is 2.36. The van der Waals surface area contributed by atoms with Crippen LogP contribution in [0, 0.1) is 0 Å². The molecule has 1 heterocycles. The zero-order valence-corrected chi connectivity index (χ0v) is 28.4. The van der Waals surface area contributed by atoms with Crippen LogP contribution in [0.4, 0.5) is 11.4 Å². The highest BCUT2D eigenvalue weighted by atomic mass is 16.3. The summed E-state index contributed by atoms with van der Waals surface area (Å²) in [5, 5.41) is 2.37. The van der Waals surface area contributed by atoms with E-state index in [0.29, 0.717) is 5.92 Å². The number of hydrogen-bond donors (Lipinski definition) is 0. The molecule has 1 aromatic heterocycles. The molecule has 1 aliphatic rings.